The van der Waals surface area contributed by atoms with Gasteiger partial charge >= 0.3 is 0 Å². The fourth-order valence-corrected chi connectivity index (χ4v) is 1.14. The predicted octanol–water partition coefficient (Wildman–Crippen LogP) is 0.439. The van der Waals surface area contributed by atoms with Gasteiger partial charge in [-0.25, -0.2) is 0 Å². The molecule has 0 aromatic carbocycles. The number of hydrogen-bond donors (Lipinski definition) is 2. The summed E-state index contributed by atoms with van der Waals surface area (Å²) in [6.45, 7) is 2.93. The smallest absolute Gasteiger partial charge is 0.0713 e. The van der Waals surface area contributed by atoms with E-state index in [9.17, 15) is 0 Å². The number of hydrogen-bond acceptors (Lipinski definition) is 3. The van der Waals surface area contributed by atoms with Crippen LogP contribution in [0.4, 0.5) is 0 Å². The lowest BCUT2D eigenvalue weighted by Gasteiger charge is -2.27. The number of hydrazine groups is 1. The molecular formula is C6H15ClN2O. The zero-order valence-corrected chi connectivity index (χ0v) is 6.99. The van der Waals surface area contributed by atoms with Gasteiger partial charge in [-0.3, -0.25) is 11.3 Å². The Bertz CT molecular complexity index is 91.8. The Labute approximate surface area is 67.7 Å². The minimum absolute atomic E-state index is 0. The lowest BCUT2D eigenvalue weighted by atomic mass is 10.1. The molecule has 1 rings (SSSR count). The average Bonchev–Trinajstić information content (AvgIpc) is 1.89. The summed E-state index contributed by atoms with van der Waals surface area (Å²) in [5.41, 5.74) is 2.73. The summed E-state index contributed by atoms with van der Waals surface area (Å²) < 4.78 is 5.34. The molecule has 0 aromatic heterocycles. The fraction of sp³-hybridized carbons (Fsp3) is 1.00. The van der Waals surface area contributed by atoms with Gasteiger partial charge in [-0.2, -0.15) is 0 Å². The van der Waals surface area contributed by atoms with E-state index in [1.165, 1.54) is 0 Å². The summed E-state index contributed by atoms with van der Waals surface area (Å²) >= 11 is 0. The van der Waals surface area contributed by atoms with Crippen molar-refractivity contribution in [2.24, 2.45) is 5.84 Å². The van der Waals surface area contributed by atoms with Gasteiger partial charge in [0.25, 0.3) is 0 Å². The summed E-state index contributed by atoms with van der Waals surface area (Å²) in [6, 6.07) is 0.360. The van der Waals surface area contributed by atoms with E-state index in [2.05, 4.69) is 5.43 Å². The van der Waals surface area contributed by atoms with Gasteiger partial charge in [0.2, 0.25) is 0 Å². The molecule has 10 heavy (non-hydrogen) atoms. The van der Waals surface area contributed by atoms with E-state index >= 15 is 0 Å². The number of nitrogens with one attached hydrogen (secondary N) is 1. The van der Waals surface area contributed by atoms with E-state index in [0.717, 1.165) is 19.4 Å². The number of nitrogens with two attached hydrogens (primary N) is 1. The van der Waals surface area contributed by atoms with Crippen LogP contribution in [0.3, 0.4) is 0 Å². The lowest BCUT2D eigenvalue weighted by molar-refractivity contribution is 0.00302. The van der Waals surface area contributed by atoms with Gasteiger partial charge in [0, 0.05) is 12.6 Å². The number of rotatable bonds is 1. The predicted molar refractivity (Wildman–Crippen MR) is 43.0 cm³/mol. The SMILES string of the molecule is CC1OCCCC1NN.Cl. The number of ether oxygens (including phenoxy) is 1. The van der Waals surface area contributed by atoms with Gasteiger partial charge in [-0.05, 0) is 19.8 Å². The van der Waals surface area contributed by atoms with Crippen LogP contribution in [0.2, 0.25) is 0 Å². The Morgan fingerprint density at radius 2 is 2.30 bits per heavy atom. The second kappa shape index (κ2) is 4.91. The molecule has 3 N–H and O–H groups in total. The van der Waals surface area contributed by atoms with E-state index in [1.807, 2.05) is 6.92 Å². The topological polar surface area (TPSA) is 47.3 Å². The third-order valence-electron chi connectivity index (χ3n) is 1.82. The van der Waals surface area contributed by atoms with E-state index < -0.39 is 0 Å². The van der Waals surface area contributed by atoms with E-state index in [-0.39, 0.29) is 18.5 Å². The van der Waals surface area contributed by atoms with Crippen molar-refractivity contribution < 1.29 is 4.74 Å². The molecule has 0 aromatic rings. The third-order valence-corrected chi connectivity index (χ3v) is 1.82. The first-order valence-corrected chi connectivity index (χ1v) is 3.42. The van der Waals surface area contributed by atoms with Crippen LogP contribution < -0.4 is 11.3 Å². The van der Waals surface area contributed by atoms with E-state index in [1.54, 1.807) is 0 Å². The molecule has 0 bridgehead atoms. The maximum absolute atomic E-state index is 5.34. The Kier molecular flexibility index (Phi) is 4.99. The van der Waals surface area contributed by atoms with Crippen LogP contribution in [0.25, 0.3) is 0 Å². The zero-order chi connectivity index (χ0) is 6.69. The highest BCUT2D eigenvalue weighted by Gasteiger charge is 2.19. The Morgan fingerprint density at radius 1 is 1.60 bits per heavy atom. The van der Waals surface area contributed by atoms with Crippen molar-refractivity contribution in [3.63, 3.8) is 0 Å². The van der Waals surface area contributed by atoms with Crippen molar-refractivity contribution in [1.82, 2.24) is 5.43 Å². The van der Waals surface area contributed by atoms with E-state index in [4.69, 9.17) is 10.6 Å². The lowest BCUT2D eigenvalue weighted by Crippen LogP contribution is -2.46. The molecule has 1 heterocycles. The molecule has 1 aliphatic rings. The van der Waals surface area contributed by atoms with Crippen LogP contribution in [0.1, 0.15) is 19.8 Å². The van der Waals surface area contributed by atoms with Crippen LogP contribution in [0.15, 0.2) is 0 Å². The molecule has 1 aliphatic heterocycles. The molecule has 62 valence electrons. The second-order valence-corrected chi connectivity index (χ2v) is 2.49. The van der Waals surface area contributed by atoms with Crippen LogP contribution in [-0.4, -0.2) is 18.8 Å². The molecular weight excluding hydrogens is 152 g/mol. The minimum atomic E-state index is 0. The Hall–Kier alpha value is 0.170. The van der Waals surface area contributed by atoms with E-state index in [0.29, 0.717) is 6.04 Å². The largest absolute Gasteiger partial charge is 0.377 e. The molecule has 2 unspecified atom stereocenters. The third kappa shape index (κ3) is 2.42. The van der Waals surface area contributed by atoms with Crippen molar-refractivity contribution in [1.29, 1.82) is 0 Å². The van der Waals surface area contributed by atoms with Crippen molar-refractivity contribution in [2.45, 2.75) is 31.9 Å². The molecule has 3 nitrogen and oxygen atoms in total. The maximum atomic E-state index is 5.34. The molecule has 1 saturated heterocycles. The second-order valence-electron chi connectivity index (χ2n) is 2.49. The molecule has 4 heteroatoms. The van der Waals surface area contributed by atoms with Crippen molar-refractivity contribution in [3.8, 4) is 0 Å². The monoisotopic (exact) mass is 166 g/mol. The first-order valence-electron chi connectivity index (χ1n) is 3.42. The van der Waals surface area contributed by atoms with Crippen LogP contribution >= 0.6 is 12.4 Å². The molecule has 0 radical (unpaired) electrons. The fourth-order valence-electron chi connectivity index (χ4n) is 1.14. The quantitative estimate of drug-likeness (QED) is 0.439. The zero-order valence-electron chi connectivity index (χ0n) is 6.17. The van der Waals surface area contributed by atoms with Gasteiger partial charge in [0.1, 0.15) is 0 Å². The summed E-state index contributed by atoms with van der Waals surface area (Å²) in [7, 11) is 0. The van der Waals surface area contributed by atoms with Crippen LogP contribution in [-0.2, 0) is 4.74 Å². The normalized spacial score (nSPS) is 33.0. The summed E-state index contributed by atoms with van der Waals surface area (Å²) in [4.78, 5) is 0. The Balaban J connectivity index is 0.000000810. The van der Waals surface area contributed by atoms with Gasteiger partial charge < -0.3 is 4.74 Å². The van der Waals surface area contributed by atoms with Gasteiger partial charge in [0.05, 0.1) is 6.10 Å². The number of halogens is 1. The molecule has 2 atom stereocenters. The van der Waals surface area contributed by atoms with Crippen molar-refractivity contribution >= 4 is 12.4 Å². The molecule has 0 amide bonds. The molecule has 1 fully saturated rings. The molecule has 0 aliphatic carbocycles. The summed E-state index contributed by atoms with van der Waals surface area (Å²) in [5.74, 6) is 5.26. The van der Waals surface area contributed by atoms with Crippen LogP contribution in [0.5, 0.6) is 0 Å². The first kappa shape index (κ1) is 10.2. The standard InChI is InChI=1S/C6H14N2O.ClH/c1-5-6(8-7)3-2-4-9-5;/h5-6,8H,2-4,7H2,1H3;1H. The molecule has 0 spiro atoms. The maximum Gasteiger partial charge on any atom is 0.0713 e. The molecule has 0 saturated carbocycles. The van der Waals surface area contributed by atoms with Gasteiger partial charge in [-0.1, -0.05) is 0 Å². The van der Waals surface area contributed by atoms with Crippen LogP contribution in [0, 0.1) is 0 Å². The summed E-state index contributed by atoms with van der Waals surface area (Å²) in [6.07, 6.45) is 2.54. The van der Waals surface area contributed by atoms with Crippen molar-refractivity contribution in [2.75, 3.05) is 6.61 Å². The van der Waals surface area contributed by atoms with Gasteiger partial charge in [0.15, 0.2) is 0 Å². The summed E-state index contributed by atoms with van der Waals surface area (Å²) in [5, 5.41) is 0. The highest BCUT2D eigenvalue weighted by Crippen LogP contribution is 2.11. The minimum Gasteiger partial charge on any atom is -0.377 e. The highest BCUT2D eigenvalue weighted by atomic mass is 35.5. The van der Waals surface area contributed by atoms with Crippen molar-refractivity contribution in [3.05, 3.63) is 0 Å². The first-order chi connectivity index (χ1) is 4.34. The average molecular weight is 167 g/mol. The Morgan fingerprint density at radius 3 is 2.70 bits per heavy atom. The van der Waals surface area contributed by atoms with Gasteiger partial charge in [-0.15, -0.1) is 12.4 Å². The highest BCUT2D eigenvalue weighted by molar-refractivity contribution is 5.85.